The first-order chi connectivity index (χ1) is 17.6. The van der Waals surface area contributed by atoms with Gasteiger partial charge in [0.15, 0.2) is 0 Å². The summed E-state index contributed by atoms with van der Waals surface area (Å²) in [5.74, 6) is -0.719. The van der Waals surface area contributed by atoms with Crippen molar-refractivity contribution in [1.82, 2.24) is 4.90 Å². The quantitative estimate of drug-likeness (QED) is 0.378. The van der Waals surface area contributed by atoms with E-state index in [1.807, 2.05) is 0 Å². The number of allylic oxidation sites excluding steroid dienone is 1. The molecule has 1 aliphatic rings. The maximum Gasteiger partial charge on any atom is 0.416 e. The van der Waals surface area contributed by atoms with Gasteiger partial charge < -0.3 is 14.1 Å². The number of urea groups is 1. The Kier molecular flexibility index (Phi) is 6.81. The molecular weight excluding hydrogens is 487 g/mol. The van der Waals surface area contributed by atoms with Gasteiger partial charge in [0.1, 0.15) is 0 Å². The zero-order chi connectivity index (χ0) is 26.9. The Labute approximate surface area is 211 Å². The van der Waals surface area contributed by atoms with E-state index in [1.165, 1.54) is 43.5 Å². The number of rotatable bonds is 5. The number of alkyl halides is 3. The third kappa shape index (κ3) is 4.68. The molecule has 1 atom stereocenters. The van der Waals surface area contributed by atoms with Crippen LogP contribution in [0.3, 0.4) is 0 Å². The Morgan fingerprint density at radius 2 is 1.95 bits per heavy atom. The number of amides is 2. The fourth-order valence-electron chi connectivity index (χ4n) is 4.41. The number of hydrogen-bond acceptors (Lipinski definition) is 5. The highest BCUT2D eigenvalue weighted by Gasteiger charge is 2.42. The maximum absolute atomic E-state index is 13.6. The summed E-state index contributed by atoms with van der Waals surface area (Å²) < 4.78 is 50.7. The zero-order valence-electron chi connectivity index (χ0n) is 20.2. The van der Waals surface area contributed by atoms with E-state index < -0.39 is 29.8 Å². The third-order valence-corrected chi connectivity index (χ3v) is 6.12. The van der Waals surface area contributed by atoms with Gasteiger partial charge in [-0.25, -0.2) is 9.59 Å². The van der Waals surface area contributed by atoms with Crippen molar-refractivity contribution in [3.05, 3.63) is 89.0 Å². The Hall–Kier alpha value is -4.52. The molecule has 0 aliphatic carbocycles. The van der Waals surface area contributed by atoms with Gasteiger partial charge in [0.25, 0.3) is 0 Å². The van der Waals surface area contributed by atoms with Gasteiger partial charge in [-0.05, 0) is 61.4 Å². The molecule has 37 heavy (non-hydrogen) atoms. The number of hydrogen-bond donors (Lipinski definition) is 0. The van der Waals surface area contributed by atoms with Crippen LogP contribution in [0.5, 0.6) is 0 Å². The van der Waals surface area contributed by atoms with Crippen molar-refractivity contribution in [2.24, 2.45) is 0 Å². The summed E-state index contributed by atoms with van der Waals surface area (Å²) in [6, 6.07) is 11.3. The topological polar surface area (TPSA) is 86.8 Å². The van der Waals surface area contributed by atoms with Gasteiger partial charge in [-0.3, -0.25) is 4.90 Å². The van der Waals surface area contributed by atoms with E-state index in [4.69, 9.17) is 9.15 Å². The highest BCUT2D eigenvalue weighted by molar-refractivity contribution is 6.03. The number of nitrogens with zero attached hydrogens (tertiary/aromatic N) is 3. The third-order valence-electron chi connectivity index (χ3n) is 6.12. The number of anilines is 1. The number of ether oxygens (including phenoxy) is 1. The van der Waals surface area contributed by atoms with Gasteiger partial charge in [0, 0.05) is 18.3 Å². The van der Waals surface area contributed by atoms with Gasteiger partial charge in [0.2, 0.25) is 0 Å². The Morgan fingerprint density at radius 1 is 1.19 bits per heavy atom. The molecule has 0 fully saturated rings. The second-order valence-corrected chi connectivity index (χ2v) is 8.32. The number of likely N-dealkylation sites (N-methyl/N-ethyl adjacent to an activating group) is 1. The molecule has 1 aromatic heterocycles. The minimum absolute atomic E-state index is 0.0423. The van der Waals surface area contributed by atoms with Crippen LogP contribution in [0.25, 0.3) is 11.1 Å². The molecule has 0 saturated carbocycles. The monoisotopic (exact) mass is 509 g/mol. The van der Waals surface area contributed by atoms with Crippen LogP contribution in [0.2, 0.25) is 0 Å². The number of esters is 1. The summed E-state index contributed by atoms with van der Waals surface area (Å²) in [4.78, 5) is 29.3. The first-order valence-corrected chi connectivity index (χ1v) is 11.3. The molecular formula is C27H22F3N3O4. The van der Waals surface area contributed by atoms with Gasteiger partial charge in [-0.2, -0.15) is 18.4 Å². The van der Waals surface area contributed by atoms with Crippen LogP contribution in [0.4, 0.5) is 23.7 Å². The molecule has 0 N–H and O–H groups in total. The SMILES string of the molecule is CCOC(=O)C1=C(C)N(c2cccc(C(F)(F)F)c2)C(=O)N(C)C1c1ccc(C#N)cc1-c1ccoc1. The molecule has 1 unspecified atom stereocenters. The minimum atomic E-state index is -4.62. The molecule has 0 radical (unpaired) electrons. The molecule has 0 spiro atoms. The van der Waals surface area contributed by atoms with Gasteiger partial charge >= 0.3 is 18.2 Å². The molecule has 2 aromatic carbocycles. The smallest absolute Gasteiger partial charge is 0.416 e. The second-order valence-electron chi connectivity index (χ2n) is 8.32. The minimum Gasteiger partial charge on any atom is -0.472 e. The highest BCUT2D eigenvalue weighted by atomic mass is 19.4. The first kappa shape index (κ1) is 25.6. The summed E-state index contributed by atoms with van der Waals surface area (Å²) in [6.07, 6.45) is -1.69. The fourth-order valence-corrected chi connectivity index (χ4v) is 4.41. The highest BCUT2D eigenvalue weighted by Crippen LogP contribution is 2.43. The summed E-state index contributed by atoms with van der Waals surface area (Å²) in [5.41, 5.74) is 1.29. The zero-order valence-corrected chi connectivity index (χ0v) is 20.2. The average Bonchev–Trinajstić information content (AvgIpc) is 3.40. The predicted molar refractivity (Wildman–Crippen MR) is 128 cm³/mol. The summed E-state index contributed by atoms with van der Waals surface area (Å²) in [5, 5.41) is 9.44. The summed E-state index contributed by atoms with van der Waals surface area (Å²) in [7, 11) is 1.45. The van der Waals surface area contributed by atoms with E-state index in [0.29, 0.717) is 22.3 Å². The molecule has 0 saturated heterocycles. The van der Waals surface area contributed by atoms with Crippen molar-refractivity contribution in [3.63, 3.8) is 0 Å². The van der Waals surface area contributed by atoms with E-state index in [2.05, 4.69) is 6.07 Å². The lowest BCUT2D eigenvalue weighted by atomic mass is 9.87. The van der Waals surface area contributed by atoms with E-state index in [0.717, 1.165) is 17.0 Å². The van der Waals surface area contributed by atoms with Gasteiger partial charge in [0.05, 0.1) is 53.6 Å². The van der Waals surface area contributed by atoms with Crippen LogP contribution in [-0.4, -0.2) is 30.6 Å². The first-order valence-electron chi connectivity index (χ1n) is 11.3. The molecule has 2 heterocycles. The Balaban J connectivity index is 1.96. The molecule has 4 rings (SSSR count). The van der Waals surface area contributed by atoms with Gasteiger partial charge in [-0.1, -0.05) is 12.1 Å². The second kappa shape index (κ2) is 9.85. The predicted octanol–water partition coefficient (Wildman–Crippen LogP) is 6.29. The maximum atomic E-state index is 13.6. The van der Waals surface area contributed by atoms with Crippen LogP contribution in [-0.2, 0) is 15.7 Å². The molecule has 3 aromatic rings. The lowest BCUT2D eigenvalue weighted by Crippen LogP contribution is -2.49. The average molecular weight is 509 g/mol. The van der Waals surface area contributed by atoms with Crippen LogP contribution in [0, 0.1) is 11.3 Å². The van der Waals surface area contributed by atoms with Crippen molar-refractivity contribution in [1.29, 1.82) is 5.26 Å². The van der Waals surface area contributed by atoms with Crippen LogP contribution in [0.15, 0.2) is 76.7 Å². The molecule has 7 nitrogen and oxygen atoms in total. The molecule has 190 valence electrons. The number of furan rings is 1. The number of nitriles is 1. The van der Waals surface area contributed by atoms with Crippen molar-refractivity contribution < 1.29 is 31.9 Å². The summed E-state index contributed by atoms with van der Waals surface area (Å²) >= 11 is 0. The normalized spacial score (nSPS) is 16.1. The van der Waals surface area contributed by atoms with E-state index in [1.54, 1.807) is 31.2 Å². The Morgan fingerprint density at radius 3 is 2.57 bits per heavy atom. The van der Waals surface area contributed by atoms with Crippen molar-refractivity contribution in [3.8, 4) is 17.2 Å². The van der Waals surface area contributed by atoms with Crippen LogP contribution >= 0.6 is 0 Å². The van der Waals surface area contributed by atoms with E-state index in [-0.39, 0.29) is 23.6 Å². The lowest BCUT2D eigenvalue weighted by Gasteiger charge is -2.41. The molecule has 1 aliphatic heterocycles. The molecule has 0 bridgehead atoms. The number of carbonyl (C=O) groups excluding carboxylic acids is 2. The van der Waals surface area contributed by atoms with Crippen molar-refractivity contribution >= 4 is 17.7 Å². The fraction of sp³-hybridized carbons (Fsp3) is 0.222. The van der Waals surface area contributed by atoms with E-state index >= 15 is 0 Å². The summed E-state index contributed by atoms with van der Waals surface area (Å²) in [6.45, 7) is 3.17. The lowest BCUT2D eigenvalue weighted by molar-refractivity contribution is -0.139. The number of halogens is 3. The Bertz CT molecular complexity index is 1420. The number of carbonyl (C=O) groups is 2. The largest absolute Gasteiger partial charge is 0.472 e. The number of benzene rings is 2. The molecule has 2 amide bonds. The van der Waals surface area contributed by atoms with E-state index in [9.17, 15) is 28.0 Å². The van der Waals surface area contributed by atoms with Gasteiger partial charge in [-0.15, -0.1) is 0 Å². The molecule has 10 heteroatoms. The van der Waals surface area contributed by atoms with Crippen LogP contribution < -0.4 is 4.90 Å². The van der Waals surface area contributed by atoms with Crippen LogP contribution in [0.1, 0.15) is 36.6 Å². The standard InChI is InChI=1S/C27H22F3N3O4/c1-4-37-25(34)23-16(2)33(20-7-5-6-19(13-20)27(28,29)30)26(35)32(3)24(23)21-9-8-17(14-31)12-22(21)18-10-11-36-15-18/h5-13,15,24H,4H2,1-3H3. The van der Waals surface area contributed by atoms with Crippen molar-refractivity contribution in [2.75, 3.05) is 18.6 Å². The van der Waals surface area contributed by atoms with Crippen molar-refractivity contribution in [2.45, 2.75) is 26.1 Å².